The van der Waals surface area contributed by atoms with Crippen molar-refractivity contribution >= 4 is 393 Å². The highest BCUT2D eigenvalue weighted by Gasteiger charge is 2.24. The van der Waals surface area contributed by atoms with Crippen LogP contribution in [-0.2, 0) is 0 Å². The smallest absolute Gasteiger partial charge is 0 e. The lowest BCUT2D eigenvalue weighted by Crippen LogP contribution is -2.62. The van der Waals surface area contributed by atoms with Crippen molar-refractivity contribution in [3.63, 3.8) is 0 Å². The van der Waals surface area contributed by atoms with Gasteiger partial charge in [0, 0.05) is 473 Å². The summed E-state index contributed by atoms with van der Waals surface area (Å²) in [6.07, 6.45) is 37.0. The van der Waals surface area contributed by atoms with Gasteiger partial charge in [0.15, 0.2) is 0 Å². The van der Waals surface area contributed by atoms with E-state index >= 15 is 0 Å². The molecule has 0 unspecified atom stereocenters. The standard InChI is InChI=1S/C10H2.C9H4.C8H6.C7H4.C6H2.C5H4.C4H6.C3H4.C2H2.4CH4.B10.B9.B8.B7.B6.B5.B4.B3.B2.29H2/c1-3-5-7-9-10-8-6-4-2;1-3-5-7-9-8-6-4-2;1-3-5-7-8-6-4-2;1-3-5-7-6-4-2;1-3-5-6-4-2;1-3-5-4-2;1-3-4-2;1-3-2;1-2;;;;;1-7(2)10(8(3)4)9(5)6;1-6-9(7(2)3)8(4)5;1-6(2)8(5)7(3)4;1-5-7(4)6(2)3;1-5(2)6(3)4;1-4-5(2)3;1-4(2)3;1-3-2;1-2;;;;;;;;;;;;;;;;;;;;;;;;;;;;;/h1-2H;1H,2H3;1-2H3;1H,2H3;1-2H;1H,2H3;1-2H3;1H,2H3;1-2H;4*1H4;;;;;;;;;;29*1H/i;;;;;;;;;;;;;;;;;;;;;;25*1+1D;4*1+1. The number of hydrogen-bond acceptors (Lipinski definition) is 0. The zero-order chi connectivity index (χ0) is 140. The first-order valence-electron chi connectivity index (χ1n) is 53.6. The minimum Gasteiger partial charge on any atom is -0.124 e. The van der Waals surface area contributed by atoms with Gasteiger partial charge in [-0.3, -0.25) is 0 Å². The van der Waals surface area contributed by atoms with Gasteiger partial charge in [-0.05, 0) is 221 Å². The molecule has 0 nitrogen and oxygen atoms in total. The predicted octanol–water partition coefficient (Wildman–Crippen LogP) is -5.47. The Labute approximate surface area is 832 Å². The molecule has 0 aromatic rings. The molecule has 0 amide bonds. The fourth-order valence-corrected chi connectivity index (χ4v) is 2.52. The molecule has 54 heteroatoms. The molecule has 0 spiro atoms. The van der Waals surface area contributed by atoms with Crippen molar-refractivity contribution in [1.82, 2.24) is 0 Å². The summed E-state index contributed by atoms with van der Waals surface area (Å²) in [4.78, 5) is 0. The van der Waals surface area contributed by atoms with Crippen LogP contribution in [0.3, 0.4) is 0 Å². The summed E-state index contributed by atoms with van der Waals surface area (Å²) in [5.41, 5.74) is 0. The molecule has 0 aliphatic heterocycles. The van der Waals surface area contributed by atoms with E-state index in [4.69, 9.17) is 328 Å². The van der Waals surface area contributed by atoms with Crippen LogP contribution in [0.25, 0.3) is 0 Å². The van der Waals surface area contributed by atoms with Crippen molar-refractivity contribution in [2.45, 2.75) is 85.1 Å². The van der Waals surface area contributed by atoms with E-state index in [1.165, 1.54) is 21.2 Å². The van der Waals surface area contributed by atoms with E-state index in [9.17, 15) is 0 Å². The molecule has 72 radical (unpaired) electrons. The largest absolute Gasteiger partial charge is 0.124 e. The van der Waals surface area contributed by atoms with E-state index in [-0.39, 0.29) is 48.2 Å². The predicted molar refractivity (Wildman–Crippen MR) is 634 cm³/mol. The first-order chi connectivity index (χ1) is 75.7. The van der Waals surface area contributed by atoms with E-state index in [0.29, 0.717) is 0 Å². The Morgan fingerprint density at radius 1 is 0.250 bits per heavy atom. The summed E-state index contributed by atoms with van der Waals surface area (Å²) in [6.45, 7) is 13.9. The van der Waals surface area contributed by atoms with E-state index in [1.54, 1.807) is 41.5 Å². The van der Waals surface area contributed by atoms with Crippen LogP contribution in [0, 0.1) is 277 Å². The third-order valence-corrected chi connectivity index (χ3v) is 6.98. The highest BCUT2D eigenvalue weighted by molar-refractivity contribution is 8.00. The summed E-state index contributed by atoms with van der Waals surface area (Å²) in [5.74, 6) is 86.2. The minimum absolute atomic E-state index is 0. The molecule has 0 aliphatic rings. The lowest BCUT2D eigenvalue weighted by atomic mass is 8.58. The third kappa shape index (κ3) is 270. The van der Waals surface area contributed by atoms with Crippen LogP contribution < -0.4 is 0 Å². The lowest BCUT2D eigenvalue weighted by molar-refractivity contribution is 1.83. The van der Waals surface area contributed by atoms with E-state index in [0.717, 1.165) is 7.06 Å². The van der Waals surface area contributed by atoms with Gasteiger partial charge in [0.25, 0.3) is 0 Å². The second kappa shape index (κ2) is 168. The van der Waals surface area contributed by atoms with Crippen molar-refractivity contribution in [2.24, 2.45) is 0 Å². The van der Waals surface area contributed by atoms with Crippen molar-refractivity contribution in [3.8, 4) is 277 Å². The molecule has 0 atom stereocenters. The fraction of sp³-hybridized carbons (Fsp3) is 0.207. The quantitative estimate of drug-likeness (QED) is 0.136. The van der Waals surface area contributed by atoms with Crippen molar-refractivity contribution in [2.75, 3.05) is 0 Å². The molecule has 0 rings (SSSR count). The molecule has 0 aromatic carbocycles. The Morgan fingerprint density at radius 3 is 0.482 bits per heavy atom. The monoisotopic (exact) mass is 1450 g/mol. The average Bonchev–Trinajstić information content (AvgIpc) is 0.919. The minimum atomic E-state index is -0.667. The molecule has 0 N–H and O–H groups in total. The van der Waals surface area contributed by atoms with Gasteiger partial charge in [-0.2, -0.15) is 0 Å². The van der Waals surface area contributed by atoms with Gasteiger partial charge < -0.3 is 0 Å². The molecular weight excluding hydrogens is 1280 g/mol. The maximum atomic E-state index is 5.30. The van der Waals surface area contributed by atoms with Crippen molar-refractivity contribution < 1.29 is 79.9 Å². The van der Waals surface area contributed by atoms with Gasteiger partial charge in [-0.1, -0.05) is 59.3 Å². The highest BCUT2D eigenvalue weighted by atomic mass is 13.5. The second-order valence-electron chi connectivity index (χ2n) is 15.7. The second-order valence-corrected chi connectivity index (χ2v) is 15.7. The van der Waals surface area contributed by atoms with Crippen LogP contribution in [-0.4, -0.2) is 393 Å². The Kier molecular flexibility index (Phi) is 147. The summed E-state index contributed by atoms with van der Waals surface area (Å²) < 4.78 is 250. The number of hydrogen-bond donors (Lipinski definition) is 0. The summed E-state index contributed by atoms with van der Waals surface area (Å²) in [7, 11) is 174. The molecule has 0 fully saturated rings. The van der Waals surface area contributed by atoms with Crippen LogP contribution in [0.5, 0.6) is 0 Å². The average molecular weight is 1440 g/mol. The lowest BCUT2D eigenvalue weighted by Gasteiger charge is -2.23. The molecule has 0 aliphatic carbocycles. The normalized spacial score (nSPS) is 6.84. The number of terminal acetylenes is 9. The molecular formula is C58H108B54. The van der Waals surface area contributed by atoms with Crippen LogP contribution in [0.2, 0.25) is 0 Å². The summed E-state index contributed by atoms with van der Waals surface area (Å²) in [6, 6.07) is 0. The number of rotatable bonds is 12. The Hall–Kier alpha value is -6.61. The molecule has 0 aromatic heterocycles. The fourth-order valence-electron chi connectivity index (χ4n) is 2.52. The molecule has 0 saturated carbocycles. The molecule has 502 valence electrons. The highest BCUT2D eigenvalue weighted by Crippen LogP contribution is 1.87. The van der Waals surface area contributed by atoms with Gasteiger partial charge in [0.1, 0.15) is 0 Å². The van der Waals surface area contributed by atoms with Gasteiger partial charge in [0.2, 0.25) is 0 Å². The Bertz CT molecular complexity index is 3420. The summed E-state index contributed by atoms with van der Waals surface area (Å²) >= 11 is 0. The molecule has 0 saturated heterocycles. The molecule has 112 heavy (non-hydrogen) atoms. The van der Waals surface area contributed by atoms with E-state index < -0.39 is 89.4 Å². The van der Waals surface area contributed by atoms with E-state index in [2.05, 4.69) is 287 Å². The maximum absolute atomic E-state index is 5.30. The van der Waals surface area contributed by atoms with Crippen LogP contribution in [0.1, 0.15) is 165 Å². The molecule has 0 heterocycles. The zero-order valence-electron chi connectivity index (χ0n) is 113. The van der Waals surface area contributed by atoms with Crippen LogP contribution in [0.15, 0.2) is 0 Å². The van der Waals surface area contributed by atoms with Crippen molar-refractivity contribution in [3.05, 3.63) is 0 Å². The molecule has 0 bridgehead atoms. The van der Waals surface area contributed by atoms with Gasteiger partial charge in [-0.15, -0.1) is 82.0 Å². The van der Waals surface area contributed by atoms with Gasteiger partial charge in [-0.25, -0.2) is 0 Å². The first-order valence-corrected chi connectivity index (χ1v) is 28.6. The van der Waals surface area contributed by atoms with Gasteiger partial charge >= 0.3 is 0 Å². The Balaban J connectivity index is -0.0000000169. The SMILES string of the molecule is C.C.C.C.C#C.C#CC.C#CC#CC.C#CC#CC#C.C#CC#CC#CC.C#CC#CC#CC#CC.C#CC#CC#CC#CC#C.CC#CC.CC#CC#CC#CC.[2HH].[2HH].[2HH].[2HH].[2H][2H].[2H][2H].[2H][2H].[2H][2H].[2H][2H].[2H][2H].[2H][2H].[2H][2H].[2H][2H].[2H][2H].[2H][2H].[2H][2H].[2H][2H].[2H][2H].[2H][2H].[2H][2H].[2H][2H].[2H][2H].[2H][2H].[2H][2H].[2H][2H].[2H][2H].[2H][2H].[2H][2H].[2H][2H].[B]B([B])B(B([B])[B])B([B])[B].[B]B([B])B([B])B([B])[B].[B]B([B])B([B])[B].[B]B([B])[B].[B][B].[B][B]B(B([B])[B])B([B])[B].[B][B]B([B])B([B])[B].[B][B]B([B])[B].[B][B][B]. The topological polar surface area (TPSA) is 0 Å². The summed E-state index contributed by atoms with van der Waals surface area (Å²) in [5, 5.41) is 0. The zero-order valence-corrected chi connectivity index (χ0v) is 63.0. The Morgan fingerprint density at radius 2 is 0.420 bits per heavy atom. The van der Waals surface area contributed by atoms with Gasteiger partial charge in [0.05, 0.1) is 0 Å². The van der Waals surface area contributed by atoms with Crippen LogP contribution >= 0.6 is 0 Å². The van der Waals surface area contributed by atoms with E-state index in [1.807, 2.05) is 13.8 Å². The first kappa shape index (κ1) is 97.8. The van der Waals surface area contributed by atoms with Crippen LogP contribution in [0.4, 0.5) is 0 Å². The third-order valence-electron chi connectivity index (χ3n) is 6.98. The maximum Gasteiger partial charge on any atom is 0 e. The van der Waals surface area contributed by atoms with Crippen molar-refractivity contribution in [1.29, 1.82) is 0 Å².